The lowest BCUT2D eigenvalue weighted by molar-refractivity contribution is -0.115. The summed E-state index contributed by atoms with van der Waals surface area (Å²) in [5, 5.41) is 5.23. The van der Waals surface area contributed by atoms with Crippen molar-refractivity contribution in [1.82, 2.24) is 9.62 Å². The second-order valence-corrected chi connectivity index (χ2v) is 9.61. The number of ether oxygens (including phenoxy) is 1. The van der Waals surface area contributed by atoms with E-state index in [1.165, 1.54) is 22.5 Å². The number of carbonyl (C=O) groups is 2. The smallest absolute Gasteiger partial charge is 0.251 e. The lowest BCUT2D eigenvalue weighted by Crippen LogP contribution is -2.36. The average Bonchev–Trinajstić information content (AvgIpc) is 2.79. The summed E-state index contributed by atoms with van der Waals surface area (Å²) >= 11 is 6.14. The number of benzene rings is 2. The second kappa shape index (κ2) is 10.8. The van der Waals surface area contributed by atoms with Crippen LogP contribution in [0.3, 0.4) is 0 Å². The molecule has 2 aromatic rings. The summed E-state index contributed by atoms with van der Waals surface area (Å²) in [5.74, 6) is -0.298. The lowest BCUT2D eigenvalue weighted by atomic mass is 10.2. The Labute approximate surface area is 192 Å². The van der Waals surface area contributed by atoms with E-state index in [-0.39, 0.29) is 22.0 Å². The van der Waals surface area contributed by atoms with Crippen molar-refractivity contribution in [1.29, 1.82) is 0 Å². The number of nitrogens with one attached hydrogen (secondary N) is 2. The van der Waals surface area contributed by atoms with Gasteiger partial charge in [0.2, 0.25) is 15.9 Å². The van der Waals surface area contributed by atoms with E-state index in [2.05, 4.69) is 10.6 Å². The molecule has 1 aliphatic rings. The van der Waals surface area contributed by atoms with E-state index >= 15 is 0 Å². The zero-order valence-electron chi connectivity index (χ0n) is 17.8. The summed E-state index contributed by atoms with van der Waals surface area (Å²) < 4.78 is 32.6. The van der Waals surface area contributed by atoms with Gasteiger partial charge in [-0.05, 0) is 62.2 Å². The van der Waals surface area contributed by atoms with Gasteiger partial charge in [-0.15, -0.1) is 0 Å². The molecule has 0 aromatic heterocycles. The van der Waals surface area contributed by atoms with Gasteiger partial charge in [0.1, 0.15) is 10.6 Å². The van der Waals surface area contributed by atoms with E-state index in [4.69, 9.17) is 16.3 Å². The highest BCUT2D eigenvalue weighted by Gasteiger charge is 2.28. The third-order valence-corrected chi connectivity index (χ3v) is 7.37. The number of anilines is 1. The minimum atomic E-state index is -3.80. The van der Waals surface area contributed by atoms with Gasteiger partial charge in [0.25, 0.3) is 5.91 Å². The SMILES string of the molecule is CCOc1ccc(NC(=O)CNC(=O)c2ccc(Cl)c(S(=O)(=O)N3CCCCC3)c2)cc1. The number of sulfonamides is 1. The Bertz CT molecular complexity index is 1070. The van der Waals surface area contributed by atoms with Crippen LogP contribution in [0, 0.1) is 0 Å². The first-order chi connectivity index (χ1) is 15.3. The maximum atomic E-state index is 13.0. The van der Waals surface area contributed by atoms with Gasteiger partial charge in [0.05, 0.1) is 18.2 Å². The average molecular weight is 480 g/mol. The maximum Gasteiger partial charge on any atom is 0.251 e. The Morgan fingerprint density at radius 3 is 2.41 bits per heavy atom. The van der Waals surface area contributed by atoms with Crippen LogP contribution in [0.2, 0.25) is 5.02 Å². The van der Waals surface area contributed by atoms with Crippen molar-refractivity contribution in [2.45, 2.75) is 31.1 Å². The molecule has 0 unspecified atom stereocenters. The minimum Gasteiger partial charge on any atom is -0.494 e. The molecule has 0 saturated carbocycles. The first kappa shape index (κ1) is 24.0. The third kappa shape index (κ3) is 5.99. The molecule has 2 amide bonds. The highest BCUT2D eigenvalue weighted by atomic mass is 35.5. The molecule has 3 rings (SSSR count). The lowest BCUT2D eigenvalue weighted by Gasteiger charge is -2.26. The first-order valence-electron chi connectivity index (χ1n) is 10.4. The van der Waals surface area contributed by atoms with Crippen molar-refractivity contribution in [3.05, 3.63) is 53.1 Å². The summed E-state index contributed by atoms with van der Waals surface area (Å²) in [7, 11) is -3.80. The zero-order valence-corrected chi connectivity index (χ0v) is 19.3. The molecule has 0 spiro atoms. The van der Waals surface area contributed by atoms with E-state index < -0.39 is 21.8 Å². The summed E-state index contributed by atoms with van der Waals surface area (Å²) in [5.41, 5.74) is 0.674. The van der Waals surface area contributed by atoms with Crippen molar-refractivity contribution in [2.75, 3.05) is 31.6 Å². The third-order valence-electron chi connectivity index (χ3n) is 4.98. The number of piperidine rings is 1. The predicted molar refractivity (Wildman–Crippen MR) is 123 cm³/mol. The molecule has 1 heterocycles. The van der Waals surface area contributed by atoms with Gasteiger partial charge in [0.15, 0.2) is 0 Å². The Morgan fingerprint density at radius 2 is 1.75 bits per heavy atom. The van der Waals surface area contributed by atoms with Crippen LogP contribution in [-0.2, 0) is 14.8 Å². The quantitative estimate of drug-likeness (QED) is 0.604. The number of amides is 2. The Balaban J connectivity index is 1.62. The van der Waals surface area contributed by atoms with Crippen LogP contribution in [0.5, 0.6) is 5.75 Å². The summed E-state index contributed by atoms with van der Waals surface area (Å²) in [6.07, 6.45) is 2.57. The van der Waals surface area contributed by atoms with Crippen LogP contribution in [0.1, 0.15) is 36.5 Å². The largest absolute Gasteiger partial charge is 0.494 e. The molecule has 0 atom stereocenters. The van der Waals surface area contributed by atoms with Gasteiger partial charge in [-0.1, -0.05) is 18.0 Å². The summed E-state index contributed by atoms with van der Waals surface area (Å²) in [6.45, 7) is 3.01. The van der Waals surface area contributed by atoms with Crippen LogP contribution in [0.25, 0.3) is 0 Å². The van der Waals surface area contributed by atoms with Crippen LogP contribution in [-0.4, -0.2) is 50.8 Å². The van der Waals surface area contributed by atoms with Crippen LogP contribution in [0.15, 0.2) is 47.4 Å². The molecule has 2 N–H and O–H groups in total. The Hall–Kier alpha value is -2.62. The van der Waals surface area contributed by atoms with Crippen molar-refractivity contribution in [3.8, 4) is 5.75 Å². The molecule has 0 aliphatic carbocycles. The molecule has 32 heavy (non-hydrogen) atoms. The molecule has 1 fully saturated rings. The molecule has 8 nitrogen and oxygen atoms in total. The first-order valence-corrected chi connectivity index (χ1v) is 12.2. The second-order valence-electron chi connectivity index (χ2n) is 7.30. The number of hydrogen-bond donors (Lipinski definition) is 2. The highest BCUT2D eigenvalue weighted by molar-refractivity contribution is 7.89. The molecular weight excluding hydrogens is 454 g/mol. The standard InChI is InChI=1S/C22H26ClN3O5S/c1-2-31-18-9-7-17(8-10-18)25-21(27)15-24-22(28)16-6-11-19(23)20(14-16)32(29,30)26-12-4-3-5-13-26/h6-11,14H,2-5,12-13,15H2,1H3,(H,24,28)(H,25,27). The van der Waals surface area contributed by atoms with Crippen molar-refractivity contribution in [2.24, 2.45) is 0 Å². The molecule has 1 saturated heterocycles. The van der Waals surface area contributed by atoms with Gasteiger partial charge in [0, 0.05) is 24.3 Å². The van der Waals surface area contributed by atoms with E-state index in [0.717, 1.165) is 19.3 Å². The molecule has 2 aromatic carbocycles. The summed E-state index contributed by atoms with van der Waals surface area (Å²) in [4.78, 5) is 24.6. The topological polar surface area (TPSA) is 105 Å². The zero-order chi connectivity index (χ0) is 23.1. The van der Waals surface area contributed by atoms with Crippen LogP contribution < -0.4 is 15.4 Å². The van der Waals surface area contributed by atoms with Crippen molar-refractivity contribution < 1.29 is 22.7 Å². The summed E-state index contributed by atoms with van der Waals surface area (Å²) in [6, 6.07) is 10.9. The van der Waals surface area contributed by atoms with Crippen LogP contribution in [0.4, 0.5) is 5.69 Å². The fourth-order valence-electron chi connectivity index (χ4n) is 3.36. The Kier molecular flexibility index (Phi) is 8.11. The number of carbonyl (C=O) groups excluding carboxylic acids is 2. The van der Waals surface area contributed by atoms with Crippen LogP contribution >= 0.6 is 11.6 Å². The monoisotopic (exact) mass is 479 g/mol. The fourth-order valence-corrected chi connectivity index (χ4v) is 5.37. The van der Waals surface area contributed by atoms with Gasteiger partial charge in [-0.3, -0.25) is 9.59 Å². The molecule has 0 bridgehead atoms. The van der Waals surface area contributed by atoms with E-state index in [1.54, 1.807) is 24.3 Å². The highest BCUT2D eigenvalue weighted by Crippen LogP contribution is 2.28. The number of hydrogen-bond acceptors (Lipinski definition) is 5. The van der Waals surface area contributed by atoms with Gasteiger partial charge < -0.3 is 15.4 Å². The molecular formula is C22H26ClN3O5S. The number of nitrogens with zero attached hydrogens (tertiary/aromatic N) is 1. The number of rotatable bonds is 8. The van der Waals surface area contributed by atoms with Crippen molar-refractivity contribution in [3.63, 3.8) is 0 Å². The van der Waals surface area contributed by atoms with E-state index in [9.17, 15) is 18.0 Å². The van der Waals surface area contributed by atoms with Gasteiger partial charge >= 0.3 is 0 Å². The van der Waals surface area contributed by atoms with E-state index in [0.29, 0.717) is 31.1 Å². The minimum absolute atomic E-state index is 0.0559. The molecule has 0 radical (unpaired) electrons. The normalized spacial score (nSPS) is 14.6. The maximum absolute atomic E-state index is 13.0. The number of halogens is 1. The van der Waals surface area contributed by atoms with Gasteiger partial charge in [-0.25, -0.2) is 8.42 Å². The fraction of sp³-hybridized carbons (Fsp3) is 0.364. The van der Waals surface area contributed by atoms with E-state index in [1.807, 2.05) is 6.92 Å². The molecule has 172 valence electrons. The van der Waals surface area contributed by atoms with Gasteiger partial charge in [-0.2, -0.15) is 4.31 Å². The molecule has 10 heteroatoms. The Morgan fingerprint density at radius 1 is 1.06 bits per heavy atom. The van der Waals surface area contributed by atoms with Crippen molar-refractivity contribution >= 4 is 39.1 Å². The predicted octanol–water partition coefficient (Wildman–Crippen LogP) is 3.28. The molecule has 1 aliphatic heterocycles.